The summed E-state index contributed by atoms with van der Waals surface area (Å²) in [4.78, 5) is 2.43. The minimum atomic E-state index is 1.06. The van der Waals surface area contributed by atoms with Gasteiger partial charge in [0.15, 0.2) is 0 Å². The van der Waals surface area contributed by atoms with Gasteiger partial charge in [0.2, 0.25) is 0 Å². The quantitative estimate of drug-likeness (QED) is 0.687. The number of hydrogen-bond acceptors (Lipinski definition) is 2. The van der Waals surface area contributed by atoms with Gasteiger partial charge < -0.3 is 0 Å². The molecule has 0 aromatic carbocycles. The summed E-state index contributed by atoms with van der Waals surface area (Å²) in [7, 11) is 0. The van der Waals surface area contributed by atoms with Crippen LogP contribution in [0.5, 0.6) is 0 Å². The Morgan fingerprint density at radius 3 is 3.27 bits per heavy atom. The molecule has 11 heavy (non-hydrogen) atoms. The molecule has 0 amide bonds. The van der Waals surface area contributed by atoms with Crippen molar-refractivity contribution in [3.05, 3.63) is 17.5 Å². The van der Waals surface area contributed by atoms with Crippen LogP contribution >= 0.6 is 0 Å². The van der Waals surface area contributed by atoms with Crippen LogP contribution in [0.1, 0.15) is 24.6 Å². The van der Waals surface area contributed by atoms with E-state index in [0.29, 0.717) is 0 Å². The lowest BCUT2D eigenvalue weighted by molar-refractivity contribution is 0.281. The van der Waals surface area contributed by atoms with E-state index >= 15 is 0 Å². The average Bonchev–Trinajstić information content (AvgIpc) is 2.46. The molecule has 2 rings (SSSR count). The summed E-state index contributed by atoms with van der Waals surface area (Å²) in [5, 5.41) is 7.00. The number of nitrogens with zero attached hydrogens (tertiary/aromatic N) is 2. The maximum absolute atomic E-state index is 3.99. The van der Waals surface area contributed by atoms with Gasteiger partial charge in [0.25, 0.3) is 0 Å². The van der Waals surface area contributed by atoms with Gasteiger partial charge >= 0.3 is 0 Å². The summed E-state index contributed by atoms with van der Waals surface area (Å²) in [5.41, 5.74) is 2.68. The molecular formula is C8H13N3. The summed E-state index contributed by atoms with van der Waals surface area (Å²) in [6.07, 6.45) is 3.17. The second kappa shape index (κ2) is 2.66. The van der Waals surface area contributed by atoms with Crippen molar-refractivity contribution in [2.24, 2.45) is 0 Å². The smallest absolute Gasteiger partial charge is 0.0537 e. The van der Waals surface area contributed by atoms with Crippen LogP contribution in [-0.4, -0.2) is 21.6 Å². The zero-order valence-electron chi connectivity index (χ0n) is 6.80. The highest BCUT2D eigenvalue weighted by molar-refractivity contribution is 5.20. The molecule has 0 bridgehead atoms. The van der Waals surface area contributed by atoms with Gasteiger partial charge in [-0.25, -0.2) is 0 Å². The molecule has 0 aliphatic carbocycles. The first-order valence-corrected chi connectivity index (χ1v) is 4.13. The first-order valence-electron chi connectivity index (χ1n) is 4.13. The number of aromatic nitrogens is 2. The fourth-order valence-corrected chi connectivity index (χ4v) is 1.61. The van der Waals surface area contributed by atoms with Gasteiger partial charge in [-0.05, 0) is 13.0 Å². The number of hydrogen-bond donors (Lipinski definition) is 1. The number of rotatable bonds is 2. The van der Waals surface area contributed by atoms with Crippen LogP contribution in [0.25, 0.3) is 0 Å². The van der Waals surface area contributed by atoms with E-state index in [1.165, 1.54) is 24.2 Å². The van der Waals surface area contributed by atoms with Gasteiger partial charge in [-0.2, -0.15) is 5.10 Å². The van der Waals surface area contributed by atoms with Crippen molar-refractivity contribution >= 4 is 0 Å². The standard InChI is InChI=1S/C8H13N3/c1-2-3-11-5-7-4-9-10-8(7)6-11/h4H,2-3,5-6H2,1H3,(H,9,10). The van der Waals surface area contributed by atoms with E-state index in [1.807, 2.05) is 6.20 Å². The summed E-state index contributed by atoms with van der Waals surface area (Å²) in [6, 6.07) is 0. The van der Waals surface area contributed by atoms with Gasteiger partial charge in [0.05, 0.1) is 11.9 Å². The zero-order valence-corrected chi connectivity index (χ0v) is 6.80. The number of H-pyrrole nitrogens is 1. The lowest BCUT2D eigenvalue weighted by Gasteiger charge is -2.11. The van der Waals surface area contributed by atoms with Crippen molar-refractivity contribution in [1.82, 2.24) is 15.1 Å². The monoisotopic (exact) mass is 151 g/mol. The van der Waals surface area contributed by atoms with E-state index < -0.39 is 0 Å². The molecule has 1 aromatic rings. The van der Waals surface area contributed by atoms with E-state index in [1.54, 1.807) is 0 Å². The molecule has 0 fully saturated rings. The Morgan fingerprint density at radius 1 is 1.64 bits per heavy atom. The van der Waals surface area contributed by atoms with Crippen LogP contribution in [0.15, 0.2) is 6.20 Å². The molecule has 1 aromatic heterocycles. The van der Waals surface area contributed by atoms with Crippen molar-refractivity contribution in [3.8, 4) is 0 Å². The van der Waals surface area contributed by atoms with Crippen molar-refractivity contribution in [2.75, 3.05) is 6.54 Å². The molecule has 1 aliphatic rings. The molecule has 1 N–H and O–H groups in total. The van der Waals surface area contributed by atoms with Gasteiger partial charge in [-0.15, -0.1) is 0 Å². The summed E-state index contributed by atoms with van der Waals surface area (Å²) in [6.45, 7) is 5.55. The SMILES string of the molecule is CCCN1Cc2cn[nH]c2C1. The molecule has 0 radical (unpaired) electrons. The van der Waals surface area contributed by atoms with Crippen molar-refractivity contribution in [1.29, 1.82) is 0 Å². The predicted molar refractivity (Wildman–Crippen MR) is 43.0 cm³/mol. The number of nitrogens with one attached hydrogen (secondary N) is 1. The van der Waals surface area contributed by atoms with Gasteiger partial charge in [-0.1, -0.05) is 6.92 Å². The topological polar surface area (TPSA) is 31.9 Å². The molecule has 0 unspecified atom stereocenters. The van der Waals surface area contributed by atoms with Crippen molar-refractivity contribution < 1.29 is 0 Å². The Labute approximate surface area is 66.4 Å². The van der Waals surface area contributed by atoms with Crippen LogP contribution in [0.2, 0.25) is 0 Å². The summed E-state index contributed by atoms with van der Waals surface area (Å²) < 4.78 is 0. The molecule has 0 saturated heterocycles. The minimum Gasteiger partial charge on any atom is -0.293 e. The molecule has 0 atom stereocenters. The fourth-order valence-electron chi connectivity index (χ4n) is 1.61. The Hall–Kier alpha value is -0.830. The third kappa shape index (κ3) is 1.16. The van der Waals surface area contributed by atoms with Gasteiger partial charge in [0, 0.05) is 18.7 Å². The molecule has 3 heteroatoms. The van der Waals surface area contributed by atoms with E-state index in [0.717, 1.165) is 13.1 Å². The molecule has 0 spiro atoms. The third-order valence-electron chi connectivity index (χ3n) is 2.12. The molecule has 3 nitrogen and oxygen atoms in total. The maximum atomic E-state index is 3.99. The predicted octanol–water partition coefficient (Wildman–Crippen LogP) is 1.14. The highest BCUT2D eigenvalue weighted by atomic mass is 15.2. The number of aromatic amines is 1. The van der Waals surface area contributed by atoms with Gasteiger partial charge in [-0.3, -0.25) is 10.00 Å². The first-order chi connectivity index (χ1) is 5.40. The molecule has 1 aliphatic heterocycles. The van der Waals surface area contributed by atoms with Crippen LogP contribution in [0.3, 0.4) is 0 Å². The molecular weight excluding hydrogens is 138 g/mol. The van der Waals surface area contributed by atoms with Crippen molar-refractivity contribution in [3.63, 3.8) is 0 Å². The molecule has 60 valence electrons. The second-order valence-corrected chi connectivity index (χ2v) is 3.08. The van der Waals surface area contributed by atoms with Crippen LogP contribution in [0, 0.1) is 0 Å². The lowest BCUT2D eigenvalue weighted by atomic mass is 10.3. The largest absolute Gasteiger partial charge is 0.293 e. The normalized spacial score (nSPS) is 17.2. The molecule has 2 heterocycles. The van der Waals surface area contributed by atoms with Crippen molar-refractivity contribution in [2.45, 2.75) is 26.4 Å². The lowest BCUT2D eigenvalue weighted by Crippen LogP contribution is -2.17. The molecule has 0 saturated carbocycles. The van der Waals surface area contributed by atoms with E-state index in [4.69, 9.17) is 0 Å². The van der Waals surface area contributed by atoms with E-state index in [2.05, 4.69) is 22.0 Å². The zero-order chi connectivity index (χ0) is 7.68. The summed E-state index contributed by atoms with van der Waals surface area (Å²) in [5.74, 6) is 0. The summed E-state index contributed by atoms with van der Waals surface area (Å²) >= 11 is 0. The van der Waals surface area contributed by atoms with Gasteiger partial charge in [0.1, 0.15) is 0 Å². The van der Waals surface area contributed by atoms with Crippen LogP contribution in [0.4, 0.5) is 0 Å². The Morgan fingerprint density at radius 2 is 2.55 bits per heavy atom. The first kappa shape index (κ1) is 6.85. The second-order valence-electron chi connectivity index (χ2n) is 3.08. The van der Waals surface area contributed by atoms with Crippen LogP contribution in [-0.2, 0) is 13.1 Å². The Bertz CT molecular complexity index is 221. The van der Waals surface area contributed by atoms with E-state index in [9.17, 15) is 0 Å². The number of fused-ring (bicyclic) bond motifs is 1. The highest BCUT2D eigenvalue weighted by Gasteiger charge is 2.18. The average molecular weight is 151 g/mol. The van der Waals surface area contributed by atoms with Crippen LogP contribution < -0.4 is 0 Å². The van der Waals surface area contributed by atoms with E-state index in [-0.39, 0.29) is 0 Å². The maximum Gasteiger partial charge on any atom is 0.0537 e. The Kier molecular flexibility index (Phi) is 1.66. The Balaban J connectivity index is 2.04. The fraction of sp³-hybridized carbons (Fsp3) is 0.625. The minimum absolute atomic E-state index is 1.06. The third-order valence-corrected chi connectivity index (χ3v) is 2.12. The highest BCUT2D eigenvalue weighted by Crippen LogP contribution is 2.19.